The van der Waals surface area contributed by atoms with Gasteiger partial charge in [0.2, 0.25) is 5.91 Å². The lowest BCUT2D eigenvalue weighted by Crippen LogP contribution is -2.38. The van der Waals surface area contributed by atoms with Gasteiger partial charge in [-0.3, -0.25) is 14.3 Å². The van der Waals surface area contributed by atoms with E-state index in [0.717, 1.165) is 12.8 Å². The van der Waals surface area contributed by atoms with Crippen LogP contribution in [0.5, 0.6) is 11.5 Å². The first-order chi connectivity index (χ1) is 16.4. The summed E-state index contributed by atoms with van der Waals surface area (Å²) >= 11 is 0. The van der Waals surface area contributed by atoms with Crippen LogP contribution < -0.4 is 14.8 Å². The van der Waals surface area contributed by atoms with Crippen LogP contribution in [0.15, 0.2) is 83.8 Å². The fourth-order valence-corrected chi connectivity index (χ4v) is 4.65. The molecule has 1 saturated heterocycles. The molecule has 0 saturated carbocycles. The van der Waals surface area contributed by atoms with Gasteiger partial charge in [0, 0.05) is 18.7 Å². The molecule has 1 aliphatic heterocycles. The normalized spacial score (nSPS) is 13.4. The fourth-order valence-electron chi connectivity index (χ4n) is 3.58. The van der Waals surface area contributed by atoms with Crippen molar-refractivity contribution in [2.45, 2.75) is 17.7 Å². The number of carbonyl (C=O) groups excluding carboxylic acids is 2. The van der Waals surface area contributed by atoms with Crippen LogP contribution in [-0.4, -0.2) is 44.8 Å². The first-order valence-corrected chi connectivity index (χ1v) is 12.4. The molecule has 8 nitrogen and oxygen atoms in total. The summed E-state index contributed by atoms with van der Waals surface area (Å²) < 4.78 is 34.2. The number of amides is 2. The van der Waals surface area contributed by atoms with E-state index in [1.165, 1.54) is 24.3 Å². The number of ether oxygens (including phenoxy) is 1. The Kier molecular flexibility index (Phi) is 7.12. The lowest BCUT2D eigenvalue weighted by atomic mass is 10.2. The van der Waals surface area contributed by atoms with Crippen molar-refractivity contribution in [2.24, 2.45) is 0 Å². The molecule has 0 radical (unpaired) electrons. The van der Waals surface area contributed by atoms with Crippen LogP contribution >= 0.6 is 0 Å². The number of para-hydroxylation sites is 3. The molecule has 1 heterocycles. The van der Waals surface area contributed by atoms with Gasteiger partial charge in [-0.05, 0) is 61.4 Å². The third kappa shape index (κ3) is 5.74. The maximum absolute atomic E-state index is 12.9. The number of benzene rings is 3. The molecule has 3 aromatic carbocycles. The average Bonchev–Trinajstić information content (AvgIpc) is 3.39. The second-order valence-electron chi connectivity index (χ2n) is 7.81. The van der Waals surface area contributed by atoms with Gasteiger partial charge in [0.05, 0.1) is 17.1 Å². The van der Waals surface area contributed by atoms with Gasteiger partial charge in [-0.25, -0.2) is 8.42 Å². The Bertz CT molecular complexity index is 1260. The summed E-state index contributed by atoms with van der Waals surface area (Å²) in [7, 11) is -3.93. The van der Waals surface area contributed by atoms with Crippen LogP contribution in [0.3, 0.4) is 0 Å². The standard InChI is InChI=1S/C25H25N3O5S/c29-24(28-16-6-7-17-28)18-26-25(30)19-12-14-21(15-13-19)34(31,32)27-22-10-4-5-11-23(22)33-20-8-2-1-3-9-20/h1-5,8-15,27H,6-7,16-18H2,(H,26,30). The summed E-state index contributed by atoms with van der Waals surface area (Å²) in [6.07, 6.45) is 1.96. The maximum Gasteiger partial charge on any atom is 0.262 e. The van der Waals surface area contributed by atoms with Gasteiger partial charge >= 0.3 is 0 Å². The molecule has 1 aliphatic rings. The minimum Gasteiger partial charge on any atom is -0.455 e. The number of likely N-dealkylation sites (tertiary alicyclic amines) is 1. The van der Waals surface area contributed by atoms with Gasteiger partial charge in [0.1, 0.15) is 5.75 Å². The van der Waals surface area contributed by atoms with Crippen molar-refractivity contribution in [1.29, 1.82) is 0 Å². The summed E-state index contributed by atoms with van der Waals surface area (Å²) in [6, 6.07) is 21.3. The van der Waals surface area contributed by atoms with Crippen molar-refractivity contribution in [1.82, 2.24) is 10.2 Å². The van der Waals surface area contributed by atoms with E-state index in [4.69, 9.17) is 4.74 Å². The summed E-state index contributed by atoms with van der Waals surface area (Å²) in [5, 5.41) is 2.59. The van der Waals surface area contributed by atoms with Crippen molar-refractivity contribution >= 4 is 27.5 Å². The monoisotopic (exact) mass is 479 g/mol. The summed E-state index contributed by atoms with van der Waals surface area (Å²) in [5.41, 5.74) is 0.551. The molecule has 2 N–H and O–H groups in total. The lowest BCUT2D eigenvalue weighted by molar-refractivity contribution is -0.129. The molecule has 34 heavy (non-hydrogen) atoms. The fraction of sp³-hybridized carbons (Fsp3) is 0.200. The van der Waals surface area contributed by atoms with Crippen molar-refractivity contribution in [3.05, 3.63) is 84.4 Å². The van der Waals surface area contributed by atoms with E-state index in [9.17, 15) is 18.0 Å². The van der Waals surface area contributed by atoms with Crippen molar-refractivity contribution in [3.8, 4) is 11.5 Å². The van der Waals surface area contributed by atoms with E-state index in [-0.39, 0.29) is 28.6 Å². The highest BCUT2D eigenvalue weighted by Gasteiger charge is 2.20. The van der Waals surface area contributed by atoms with E-state index in [0.29, 0.717) is 24.6 Å². The largest absolute Gasteiger partial charge is 0.455 e. The highest BCUT2D eigenvalue weighted by molar-refractivity contribution is 7.92. The Morgan fingerprint density at radius 2 is 1.50 bits per heavy atom. The number of hydrogen-bond acceptors (Lipinski definition) is 5. The lowest BCUT2D eigenvalue weighted by Gasteiger charge is -2.15. The predicted octanol–water partition coefficient (Wildman–Crippen LogP) is 3.63. The van der Waals surface area contributed by atoms with Crippen LogP contribution in [0, 0.1) is 0 Å². The molecule has 3 aromatic rings. The zero-order valence-electron chi connectivity index (χ0n) is 18.4. The molecule has 2 amide bonds. The number of carbonyl (C=O) groups is 2. The zero-order valence-corrected chi connectivity index (χ0v) is 19.3. The number of anilines is 1. The predicted molar refractivity (Wildman–Crippen MR) is 128 cm³/mol. The Balaban J connectivity index is 1.41. The molecule has 0 atom stereocenters. The first kappa shape index (κ1) is 23.3. The molecule has 0 aromatic heterocycles. The molecule has 4 rings (SSSR count). The van der Waals surface area contributed by atoms with Gasteiger partial charge in [0.25, 0.3) is 15.9 Å². The van der Waals surface area contributed by atoms with Crippen molar-refractivity contribution in [3.63, 3.8) is 0 Å². The minimum absolute atomic E-state index is 0.00768. The number of sulfonamides is 1. The number of rotatable bonds is 8. The third-order valence-corrected chi connectivity index (χ3v) is 6.77. The first-order valence-electron chi connectivity index (χ1n) is 10.9. The summed E-state index contributed by atoms with van der Waals surface area (Å²) in [5.74, 6) is 0.375. The van der Waals surface area contributed by atoms with E-state index in [1.54, 1.807) is 41.3 Å². The topological polar surface area (TPSA) is 105 Å². The van der Waals surface area contributed by atoms with E-state index >= 15 is 0 Å². The second-order valence-corrected chi connectivity index (χ2v) is 9.49. The van der Waals surface area contributed by atoms with Crippen LogP contribution in [0.1, 0.15) is 23.2 Å². The minimum atomic E-state index is -3.93. The smallest absolute Gasteiger partial charge is 0.262 e. The Morgan fingerprint density at radius 1 is 0.853 bits per heavy atom. The third-order valence-electron chi connectivity index (χ3n) is 5.39. The van der Waals surface area contributed by atoms with Gasteiger partial charge < -0.3 is 15.0 Å². The molecule has 0 aliphatic carbocycles. The maximum atomic E-state index is 12.9. The molecule has 0 bridgehead atoms. The number of hydrogen-bond donors (Lipinski definition) is 2. The van der Waals surface area contributed by atoms with Gasteiger partial charge in [-0.1, -0.05) is 30.3 Å². The molecule has 9 heteroatoms. The summed E-state index contributed by atoms with van der Waals surface area (Å²) in [6.45, 7) is 1.35. The van der Waals surface area contributed by atoms with Gasteiger partial charge in [-0.2, -0.15) is 0 Å². The zero-order chi connectivity index (χ0) is 24.0. The molecule has 0 spiro atoms. The highest BCUT2D eigenvalue weighted by Crippen LogP contribution is 2.30. The average molecular weight is 480 g/mol. The quantitative estimate of drug-likeness (QED) is 0.513. The molecule has 0 unspecified atom stereocenters. The number of nitrogens with one attached hydrogen (secondary N) is 2. The van der Waals surface area contributed by atoms with Gasteiger partial charge in [0.15, 0.2) is 5.75 Å². The second kappa shape index (κ2) is 10.4. The Hall–Kier alpha value is -3.85. The molecule has 176 valence electrons. The summed E-state index contributed by atoms with van der Waals surface area (Å²) in [4.78, 5) is 26.2. The van der Waals surface area contributed by atoms with Crippen molar-refractivity contribution < 1.29 is 22.7 Å². The van der Waals surface area contributed by atoms with E-state index in [2.05, 4.69) is 10.0 Å². The van der Waals surface area contributed by atoms with Crippen LogP contribution in [0.25, 0.3) is 0 Å². The molecular formula is C25H25N3O5S. The van der Waals surface area contributed by atoms with Crippen LogP contribution in [0.2, 0.25) is 0 Å². The van der Waals surface area contributed by atoms with Gasteiger partial charge in [-0.15, -0.1) is 0 Å². The number of nitrogens with zero attached hydrogens (tertiary/aromatic N) is 1. The highest BCUT2D eigenvalue weighted by atomic mass is 32.2. The Morgan fingerprint density at radius 3 is 2.21 bits per heavy atom. The molecule has 1 fully saturated rings. The molecular weight excluding hydrogens is 454 g/mol. The van der Waals surface area contributed by atoms with E-state index < -0.39 is 15.9 Å². The van der Waals surface area contributed by atoms with Crippen LogP contribution in [0.4, 0.5) is 5.69 Å². The SMILES string of the molecule is O=C(NCC(=O)N1CCCC1)c1ccc(S(=O)(=O)Nc2ccccc2Oc2ccccc2)cc1. The van der Waals surface area contributed by atoms with Crippen LogP contribution in [-0.2, 0) is 14.8 Å². The van der Waals surface area contributed by atoms with Crippen molar-refractivity contribution in [2.75, 3.05) is 24.4 Å². The Labute approximate surface area is 198 Å². The van der Waals surface area contributed by atoms with E-state index in [1.807, 2.05) is 18.2 Å².